The van der Waals surface area contributed by atoms with Crippen LogP contribution in [-0.2, 0) is 24.0 Å². The fourth-order valence-corrected chi connectivity index (χ4v) is 5.24. The van der Waals surface area contributed by atoms with Crippen molar-refractivity contribution in [3.05, 3.63) is 0 Å². The molecule has 0 saturated heterocycles. The van der Waals surface area contributed by atoms with Gasteiger partial charge >= 0.3 is 11.9 Å². The summed E-state index contributed by atoms with van der Waals surface area (Å²) >= 11 is 0. The summed E-state index contributed by atoms with van der Waals surface area (Å²) < 4.78 is 0. The quantitative estimate of drug-likeness (QED) is 0.204. The summed E-state index contributed by atoms with van der Waals surface area (Å²) in [6.45, 7) is 1.89. The van der Waals surface area contributed by atoms with Gasteiger partial charge in [0.25, 0.3) is 0 Å². The van der Waals surface area contributed by atoms with E-state index in [1.807, 2.05) is 0 Å². The first-order valence-corrected chi connectivity index (χ1v) is 10.6. The lowest BCUT2D eigenvalue weighted by molar-refractivity contribution is -0.140. The van der Waals surface area contributed by atoms with E-state index in [0.717, 1.165) is 0 Å². The molecule has 0 saturated carbocycles. The minimum Gasteiger partial charge on any atom is -0.480 e. The highest BCUT2D eigenvalue weighted by Gasteiger charge is 2.21. The van der Waals surface area contributed by atoms with Gasteiger partial charge in [0.05, 0.1) is 0 Å². The molecule has 0 aliphatic heterocycles. The highest BCUT2D eigenvalue weighted by Crippen LogP contribution is 2.35. The van der Waals surface area contributed by atoms with Gasteiger partial charge in [-0.25, -0.2) is 4.79 Å². The molecule has 2 atom stereocenters. The number of hydrogen-bond acceptors (Lipinski definition) is 8. The third-order valence-electron chi connectivity index (χ3n) is 2.35. The van der Waals surface area contributed by atoms with Gasteiger partial charge in [0.1, 0.15) is 18.6 Å². The van der Waals surface area contributed by atoms with Gasteiger partial charge in [-0.15, -0.1) is 0 Å². The van der Waals surface area contributed by atoms with Gasteiger partial charge < -0.3 is 26.2 Å². The molecule has 0 radical (unpaired) electrons. The molecule has 0 aromatic carbocycles. The summed E-state index contributed by atoms with van der Waals surface area (Å²) in [5, 5.41) is 24.4. The van der Waals surface area contributed by atoms with E-state index >= 15 is 0 Å². The summed E-state index contributed by atoms with van der Waals surface area (Å²) in [6, 6.07) is -1.94. The first-order chi connectivity index (χ1) is 11.6. The molecule has 0 aromatic rings. The van der Waals surface area contributed by atoms with Crippen molar-refractivity contribution in [2.75, 3.05) is 18.1 Å². The first-order valence-electron chi connectivity index (χ1n) is 6.81. The zero-order valence-electron chi connectivity index (χ0n) is 13.4. The van der Waals surface area contributed by atoms with Crippen molar-refractivity contribution < 1.29 is 34.2 Å². The van der Waals surface area contributed by atoms with E-state index in [2.05, 4.69) is 16.0 Å². The van der Waals surface area contributed by atoms with E-state index in [-0.39, 0.29) is 11.5 Å². The second-order valence-electron chi connectivity index (χ2n) is 4.59. The van der Waals surface area contributed by atoms with Crippen molar-refractivity contribution in [3.63, 3.8) is 0 Å². The third-order valence-corrected chi connectivity index (χ3v) is 6.61. The molecule has 0 fully saturated rings. The number of amides is 3. The Kier molecular flexibility index (Phi) is 11.9. The Morgan fingerprint density at radius 1 is 0.880 bits per heavy atom. The van der Waals surface area contributed by atoms with Gasteiger partial charge in [-0.05, 0) is 9.83 Å². The number of carboxylic acid groups (broad SMARTS) is 2. The van der Waals surface area contributed by atoms with Crippen LogP contribution in [0.5, 0.6) is 0 Å². The molecule has 0 heterocycles. The first kappa shape index (κ1) is 23.4. The highest BCUT2D eigenvalue weighted by molar-refractivity contribution is 9.09. The van der Waals surface area contributed by atoms with Crippen LogP contribution in [0.25, 0.3) is 0 Å². The number of aliphatic carboxylic acids is 2. The Balaban J connectivity index is 4.30. The number of hydrogen-bond donors (Lipinski definition) is 5. The van der Waals surface area contributed by atoms with E-state index in [0.29, 0.717) is 0 Å². The van der Waals surface area contributed by atoms with Crippen molar-refractivity contribution in [2.45, 2.75) is 25.9 Å². The summed E-state index contributed by atoms with van der Waals surface area (Å²) in [5.41, 5.74) is 0. The highest BCUT2D eigenvalue weighted by atomic mass is 33.5. The summed E-state index contributed by atoms with van der Waals surface area (Å²) in [5.74, 6) is -3.61. The number of carbonyl (C=O) groups excluding carboxylic acids is 3. The van der Waals surface area contributed by atoms with E-state index in [4.69, 9.17) is 10.2 Å². The Hall–Kier alpha value is -1.60. The number of carbonyl (C=O) groups is 5. The van der Waals surface area contributed by atoms with Crippen LogP contribution in [0.4, 0.5) is 0 Å². The largest absolute Gasteiger partial charge is 0.480 e. The maximum atomic E-state index is 11.8. The standard InChI is InChI=1S/C12H19N3O7S3/c1-6(16)14-8(11(20)13-3-10(18)19)4-23-25-24-5-9(12(21)22)15-7(2)17/h8-9H,3-5H2,1-2H3,(H,13,20)(H,14,16)(H,15,17)(H,18,19)(H,21,22)/t8-,9-/m0/s1. The lowest BCUT2D eigenvalue weighted by Gasteiger charge is -2.16. The molecule has 0 spiro atoms. The predicted octanol–water partition coefficient (Wildman–Crippen LogP) is -0.689. The van der Waals surface area contributed by atoms with Crippen LogP contribution in [0.15, 0.2) is 0 Å². The second-order valence-corrected chi connectivity index (χ2v) is 8.91. The molecular formula is C12H19N3O7S3. The molecule has 0 aliphatic carbocycles. The normalized spacial score (nSPS) is 12.6. The van der Waals surface area contributed by atoms with Gasteiger partial charge in [-0.2, -0.15) is 0 Å². The van der Waals surface area contributed by atoms with Crippen molar-refractivity contribution in [3.8, 4) is 0 Å². The van der Waals surface area contributed by atoms with Crippen LogP contribution in [-0.4, -0.2) is 70.0 Å². The van der Waals surface area contributed by atoms with E-state index in [9.17, 15) is 24.0 Å². The Morgan fingerprint density at radius 2 is 1.36 bits per heavy atom. The van der Waals surface area contributed by atoms with Gasteiger partial charge in [-0.3, -0.25) is 19.2 Å². The van der Waals surface area contributed by atoms with Crippen molar-refractivity contribution in [2.24, 2.45) is 0 Å². The fraction of sp³-hybridized carbons (Fsp3) is 0.583. The van der Waals surface area contributed by atoms with Crippen molar-refractivity contribution >= 4 is 61.1 Å². The van der Waals surface area contributed by atoms with Crippen LogP contribution < -0.4 is 16.0 Å². The van der Waals surface area contributed by atoms with Gasteiger partial charge in [0.2, 0.25) is 17.7 Å². The van der Waals surface area contributed by atoms with E-state index in [1.165, 1.54) is 45.3 Å². The van der Waals surface area contributed by atoms with E-state index in [1.54, 1.807) is 0 Å². The molecular weight excluding hydrogens is 394 g/mol. The Morgan fingerprint density at radius 3 is 1.80 bits per heavy atom. The zero-order valence-corrected chi connectivity index (χ0v) is 15.9. The third kappa shape index (κ3) is 12.4. The maximum Gasteiger partial charge on any atom is 0.327 e. The zero-order chi connectivity index (χ0) is 19.4. The number of carboxylic acids is 2. The van der Waals surface area contributed by atoms with Crippen LogP contribution in [0, 0.1) is 0 Å². The topological polar surface area (TPSA) is 162 Å². The molecule has 13 heteroatoms. The van der Waals surface area contributed by atoms with Crippen molar-refractivity contribution in [1.29, 1.82) is 0 Å². The number of nitrogens with one attached hydrogen (secondary N) is 3. The van der Waals surface area contributed by atoms with E-state index < -0.39 is 48.3 Å². The summed E-state index contributed by atoms with van der Waals surface area (Å²) in [7, 11) is 3.55. The van der Waals surface area contributed by atoms with Gasteiger partial charge in [-0.1, -0.05) is 21.6 Å². The predicted molar refractivity (Wildman–Crippen MR) is 96.0 cm³/mol. The second kappa shape index (κ2) is 12.7. The van der Waals surface area contributed by atoms with Crippen LogP contribution in [0.1, 0.15) is 13.8 Å². The molecule has 10 nitrogen and oxygen atoms in total. The molecule has 0 unspecified atom stereocenters. The average molecular weight is 413 g/mol. The van der Waals surface area contributed by atoms with Gasteiger partial charge in [0.15, 0.2) is 0 Å². The minimum absolute atomic E-state index is 0.114. The molecule has 5 N–H and O–H groups in total. The summed E-state index contributed by atoms with van der Waals surface area (Å²) in [4.78, 5) is 55.2. The molecule has 0 aliphatic rings. The number of rotatable bonds is 12. The molecule has 25 heavy (non-hydrogen) atoms. The Bertz CT molecular complexity index is 518. The SMILES string of the molecule is CC(=O)N[C@@H](CSSSC[C@H](NC(C)=O)C(=O)NCC(=O)O)C(=O)O. The summed E-state index contributed by atoms with van der Waals surface area (Å²) in [6.07, 6.45) is 0. The monoisotopic (exact) mass is 413 g/mol. The lowest BCUT2D eigenvalue weighted by Crippen LogP contribution is -2.48. The van der Waals surface area contributed by atoms with Crippen LogP contribution in [0.2, 0.25) is 0 Å². The minimum atomic E-state index is -1.20. The average Bonchev–Trinajstić information content (AvgIpc) is 2.48. The fourth-order valence-electron chi connectivity index (χ4n) is 1.36. The lowest BCUT2D eigenvalue weighted by atomic mass is 10.3. The maximum absolute atomic E-state index is 11.8. The molecule has 142 valence electrons. The molecule has 3 amide bonds. The van der Waals surface area contributed by atoms with Gasteiger partial charge in [0, 0.05) is 25.4 Å². The Labute approximate surface area is 155 Å². The van der Waals surface area contributed by atoms with Crippen LogP contribution in [0.3, 0.4) is 0 Å². The van der Waals surface area contributed by atoms with Crippen molar-refractivity contribution in [1.82, 2.24) is 16.0 Å². The van der Waals surface area contributed by atoms with Crippen LogP contribution >= 0.6 is 31.4 Å². The molecule has 0 bridgehead atoms. The molecule has 0 rings (SSSR count). The molecule has 0 aromatic heterocycles. The smallest absolute Gasteiger partial charge is 0.327 e.